The van der Waals surface area contributed by atoms with E-state index in [0.717, 1.165) is 16.6 Å². The van der Waals surface area contributed by atoms with Gasteiger partial charge in [0.05, 0.1) is 0 Å². The second-order valence-electron chi connectivity index (χ2n) is 16.0. The molecule has 12 aromatic carbocycles. The van der Waals surface area contributed by atoms with Crippen molar-refractivity contribution >= 4 is 97.3 Å². The van der Waals surface area contributed by atoms with Crippen LogP contribution in [0.15, 0.2) is 211 Å². The molecule has 0 aliphatic rings. The second kappa shape index (κ2) is 12.4. The highest BCUT2D eigenvalue weighted by Gasteiger charge is 2.20. The van der Waals surface area contributed by atoms with Gasteiger partial charge >= 0.3 is 0 Å². The number of hydrogen-bond donors (Lipinski definition) is 0. The smallest absolute Gasteiger partial charge is 0.143 e. The summed E-state index contributed by atoms with van der Waals surface area (Å²) in [4.78, 5) is 0. The molecule has 1 aromatic heterocycles. The summed E-state index contributed by atoms with van der Waals surface area (Å²) in [6.07, 6.45) is 0. The molecule has 0 spiro atoms. The van der Waals surface area contributed by atoms with E-state index >= 15 is 0 Å². The van der Waals surface area contributed by atoms with E-state index in [0.29, 0.717) is 0 Å². The van der Waals surface area contributed by atoms with Crippen LogP contribution in [0.5, 0.6) is 0 Å². The van der Waals surface area contributed by atoms with Crippen LogP contribution in [0.4, 0.5) is 0 Å². The lowest BCUT2D eigenvalue weighted by molar-refractivity contribution is 0.673. The van der Waals surface area contributed by atoms with Crippen molar-refractivity contribution in [1.29, 1.82) is 0 Å². The van der Waals surface area contributed by atoms with Gasteiger partial charge in [-0.2, -0.15) is 0 Å². The summed E-state index contributed by atoms with van der Waals surface area (Å²) in [5.74, 6) is 0. The van der Waals surface area contributed by atoms with Crippen LogP contribution in [0.2, 0.25) is 0 Å². The quantitative estimate of drug-likeness (QED) is 0.130. The van der Waals surface area contributed by atoms with Gasteiger partial charge < -0.3 is 4.42 Å². The molecule has 0 aliphatic carbocycles. The minimum atomic E-state index is 0.927. The molecule has 272 valence electrons. The van der Waals surface area contributed by atoms with Gasteiger partial charge in [-0.05, 0) is 140 Å². The molecular weight excluding hydrogens is 713 g/mol. The van der Waals surface area contributed by atoms with Crippen LogP contribution in [-0.4, -0.2) is 0 Å². The Morgan fingerprint density at radius 2 is 0.678 bits per heavy atom. The summed E-state index contributed by atoms with van der Waals surface area (Å²) >= 11 is 0. The molecule has 0 fully saturated rings. The maximum absolute atomic E-state index is 6.73. The molecule has 59 heavy (non-hydrogen) atoms. The summed E-state index contributed by atoms with van der Waals surface area (Å²) in [7, 11) is 0. The van der Waals surface area contributed by atoms with E-state index in [-0.39, 0.29) is 0 Å². The van der Waals surface area contributed by atoms with Crippen molar-refractivity contribution in [2.45, 2.75) is 0 Å². The normalized spacial score (nSPS) is 12.1. The number of hydrogen-bond acceptors (Lipinski definition) is 1. The lowest BCUT2D eigenvalue weighted by Gasteiger charge is -2.18. The summed E-state index contributed by atoms with van der Waals surface area (Å²) in [6, 6.07) is 75.8. The van der Waals surface area contributed by atoms with Gasteiger partial charge in [-0.15, -0.1) is 0 Å². The summed E-state index contributed by atoms with van der Waals surface area (Å²) in [5, 5.41) is 19.7. The van der Waals surface area contributed by atoms with Crippen molar-refractivity contribution in [1.82, 2.24) is 0 Å². The summed E-state index contributed by atoms with van der Waals surface area (Å²) < 4.78 is 6.73. The van der Waals surface area contributed by atoms with Crippen molar-refractivity contribution < 1.29 is 4.42 Å². The van der Waals surface area contributed by atoms with Crippen molar-refractivity contribution in [3.05, 3.63) is 206 Å². The highest BCUT2D eigenvalue weighted by molar-refractivity contribution is 6.34. The molecule has 1 heterocycles. The van der Waals surface area contributed by atoms with Gasteiger partial charge in [0.2, 0.25) is 0 Å². The van der Waals surface area contributed by atoms with Crippen molar-refractivity contribution in [2.75, 3.05) is 0 Å². The molecule has 0 N–H and O–H groups in total. The molecule has 0 bridgehead atoms. The Bertz CT molecular complexity index is 3850. The van der Waals surface area contributed by atoms with E-state index in [2.05, 4.69) is 206 Å². The van der Waals surface area contributed by atoms with Crippen LogP contribution in [0.25, 0.3) is 131 Å². The number of benzene rings is 12. The monoisotopic (exact) mass is 746 g/mol. The van der Waals surface area contributed by atoms with E-state index in [9.17, 15) is 0 Å². The van der Waals surface area contributed by atoms with E-state index in [1.807, 2.05) is 0 Å². The Morgan fingerprint density at radius 3 is 1.34 bits per heavy atom. The average molecular weight is 747 g/mol. The topological polar surface area (TPSA) is 13.1 Å². The fraction of sp³-hybridized carbons (Fsp3) is 0. The van der Waals surface area contributed by atoms with Crippen molar-refractivity contribution in [3.8, 4) is 33.4 Å². The molecule has 1 nitrogen and oxygen atoms in total. The third-order valence-corrected chi connectivity index (χ3v) is 12.8. The highest BCUT2D eigenvalue weighted by Crippen LogP contribution is 2.46. The maximum Gasteiger partial charge on any atom is 0.143 e. The molecule has 0 unspecified atom stereocenters. The Hall–Kier alpha value is -7.74. The number of rotatable bonds is 3. The van der Waals surface area contributed by atoms with Gasteiger partial charge in [0.15, 0.2) is 0 Å². The van der Waals surface area contributed by atoms with Crippen LogP contribution < -0.4 is 0 Å². The van der Waals surface area contributed by atoms with Crippen LogP contribution in [0.3, 0.4) is 0 Å². The van der Waals surface area contributed by atoms with Crippen LogP contribution in [0.1, 0.15) is 0 Å². The zero-order chi connectivity index (χ0) is 38.6. The molecule has 0 radical (unpaired) electrons. The third kappa shape index (κ3) is 4.79. The zero-order valence-electron chi connectivity index (χ0n) is 32.0. The Labute approximate surface area is 340 Å². The average Bonchev–Trinajstić information content (AvgIpc) is 3.71. The zero-order valence-corrected chi connectivity index (χ0v) is 32.0. The van der Waals surface area contributed by atoms with Crippen molar-refractivity contribution in [3.63, 3.8) is 0 Å². The summed E-state index contributed by atoms with van der Waals surface area (Å²) in [6.45, 7) is 0. The SMILES string of the molecule is c1ccc2cc(-c3c4ccccc4c(-c4ccc5cc(-c6ccc7c(c6)c6ccccc6c6c7oc7ccc8ccccc8c76)ccc5c4)c4ccccc34)ccc2c1. The van der Waals surface area contributed by atoms with E-state index in [1.165, 1.54) is 114 Å². The molecule has 1 heteroatoms. The van der Waals surface area contributed by atoms with Gasteiger partial charge in [-0.1, -0.05) is 170 Å². The molecule has 0 saturated carbocycles. The fourth-order valence-corrected chi connectivity index (χ4v) is 10.1. The Balaban J connectivity index is 0.959. The summed E-state index contributed by atoms with van der Waals surface area (Å²) in [5.41, 5.74) is 9.29. The van der Waals surface area contributed by atoms with Crippen molar-refractivity contribution in [2.24, 2.45) is 0 Å². The fourth-order valence-electron chi connectivity index (χ4n) is 10.1. The molecule has 0 saturated heterocycles. The van der Waals surface area contributed by atoms with Crippen LogP contribution >= 0.6 is 0 Å². The largest absolute Gasteiger partial charge is 0.455 e. The third-order valence-electron chi connectivity index (χ3n) is 12.8. The molecular formula is C58H34O. The molecule has 0 amide bonds. The van der Waals surface area contributed by atoms with E-state index < -0.39 is 0 Å². The first-order valence-corrected chi connectivity index (χ1v) is 20.4. The van der Waals surface area contributed by atoms with E-state index in [1.54, 1.807) is 0 Å². The number of furan rings is 1. The first-order valence-electron chi connectivity index (χ1n) is 20.4. The highest BCUT2D eigenvalue weighted by atomic mass is 16.3. The van der Waals surface area contributed by atoms with Gasteiger partial charge in [0.25, 0.3) is 0 Å². The van der Waals surface area contributed by atoms with Gasteiger partial charge in [0.1, 0.15) is 11.2 Å². The molecule has 13 rings (SSSR count). The lowest BCUT2D eigenvalue weighted by atomic mass is 9.85. The molecule has 13 aromatic rings. The predicted molar refractivity (Wildman–Crippen MR) is 253 cm³/mol. The van der Waals surface area contributed by atoms with E-state index in [4.69, 9.17) is 4.42 Å². The maximum atomic E-state index is 6.73. The first kappa shape index (κ1) is 32.4. The predicted octanol–water partition coefficient (Wildman–Crippen LogP) is 16.7. The molecule has 0 atom stereocenters. The van der Waals surface area contributed by atoms with Gasteiger partial charge in [0, 0.05) is 16.2 Å². The lowest BCUT2D eigenvalue weighted by Crippen LogP contribution is -1.91. The van der Waals surface area contributed by atoms with Crippen LogP contribution in [-0.2, 0) is 0 Å². The molecule has 0 aliphatic heterocycles. The standard InChI is InChI=1S/C58H34O/c1-2-13-37-32-42(25-21-35(37)11-1)54-47-17-7-9-19-49(47)55(50-20-10-8-18-48(50)54)43-26-24-38-31-39(22-23-40(38)33-43)41-27-29-51-52(34-41)45-15-5-6-16-46(45)57-56-44-14-4-3-12-36(44)28-30-53(56)59-58(51)57/h1-34H. The minimum absolute atomic E-state index is 0.927. The van der Waals surface area contributed by atoms with Crippen LogP contribution in [0, 0.1) is 0 Å². The second-order valence-corrected chi connectivity index (χ2v) is 16.0. The minimum Gasteiger partial charge on any atom is -0.455 e. The number of fused-ring (bicyclic) bond motifs is 14. The Morgan fingerprint density at radius 1 is 0.237 bits per heavy atom. The first-order chi connectivity index (χ1) is 29.2. The van der Waals surface area contributed by atoms with Gasteiger partial charge in [-0.25, -0.2) is 0 Å². The van der Waals surface area contributed by atoms with Gasteiger partial charge in [-0.3, -0.25) is 0 Å². The Kier molecular flexibility index (Phi) is 6.79.